The molecule has 0 radical (unpaired) electrons. The van der Waals surface area contributed by atoms with Crippen molar-refractivity contribution in [1.82, 2.24) is 5.32 Å². The minimum atomic E-state index is -3.44. The lowest BCUT2D eigenvalue weighted by Crippen LogP contribution is -2.32. The van der Waals surface area contributed by atoms with Crippen LogP contribution in [0.3, 0.4) is 0 Å². The number of aromatic carboxylic acids is 1. The maximum atomic E-state index is 11.5. The number of hydrogen-bond acceptors (Lipinski definition) is 7. The highest BCUT2D eigenvalue weighted by atomic mass is 32.2. The third-order valence-electron chi connectivity index (χ3n) is 5.15. The average Bonchev–Trinajstić information content (AvgIpc) is 2.84. The molecule has 0 aliphatic carbocycles. The Morgan fingerprint density at radius 2 is 1.67 bits per heavy atom. The second-order valence-electron chi connectivity index (χ2n) is 8.18. The van der Waals surface area contributed by atoms with Gasteiger partial charge in [-0.3, -0.25) is 4.72 Å². The van der Waals surface area contributed by atoms with Crippen LogP contribution in [0, 0.1) is 0 Å². The number of carboxylic acids is 1. The predicted molar refractivity (Wildman–Crippen MR) is 137 cm³/mol. The molecule has 0 bridgehead atoms. The Labute approximate surface area is 210 Å². The first-order valence-corrected chi connectivity index (χ1v) is 13.2. The molecule has 10 heteroatoms. The Morgan fingerprint density at radius 1 is 0.972 bits per heavy atom. The van der Waals surface area contributed by atoms with Crippen molar-refractivity contribution in [3.05, 3.63) is 89.5 Å². The molecular formula is C26H30N2O7S. The van der Waals surface area contributed by atoms with Crippen molar-refractivity contribution in [2.45, 2.75) is 19.1 Å². The van der Waals surface area contributed by atoms with Gasteiger partial charge in [0.1, 0.15) is 30.8 Å². The third kappa shape index (κ3) is 8.88. The fraction of sp³-hybridized carbons (Fsp3) is 0.269. The van der Waals surface area contributed by atoms with E-state index in [1.165, 1.54) is 0 Å². The fourth-order valence-electron chi connectivity index (χ4n) is 3.39. The van der Waals surface area contributed by atoms with Gasteiger partial charge in [0.2, 0.25) is 10.0 Å². The van der Waals surface area contributed by atoms with Gasteiger partial charge in [0, 0.05) is 12.1 Å². The molecule has 3 rings (SSSR count). The molecule has 3 aromatic rings. The standard InChI is InChI=1S/C26H30N2O7S/c1-36(32,33)28-24-8-4-5-9-25(24)35-18-21(29)16-27-15-14-19-10-12-22(13-11-19)34-17-20-6-2-3-7-23(20)26(30)31/h2-13,21,27-29H,14-18H2,1H3,(H,30,31)/t21-/m0/s1. The first-order chi connectivity index (χ1) is 17.2. The van der Waals surface area contributed by atoms with Crippen LogP contribution in [0.4, 0.5) is 5.69 Å². The van der Waals surface area contributed by atoms with Gasteiger partial charge in [-0.25, -0.2) is 13.2 Å². The Kier molecular flexibility index (Phi) is 9.69. The van der Waals surface area contributed by atoms with Gasteiger partial charge in [-0.1, -0.05) is 42.5 Å². The van der Waals surface area contributed by atoms with E-state index in [1.807, 2.05) is 24.3 Å². The Hall–Kier alpha value is -3.60. The number of hydrogen-bond donors (Lipinski definition) is 4. The normalized spacial score (nSPS) is 12.1. The second kappa shape index (κ2) is 12.9. The van der Waals surface area contributed by atoms with Crippen LogP contribution in [0.1, 0.15) is 21.5 Å². The summed E-state index contributed by atoms with van der Waals surface area (Å²) in [6, 6.07) is 20.9. The van der Waals surface area contributed by atoms with E-state index < -0.39 is 22.1 Å². The minimum Gasteiger partial charge on any atom is -0.489 e. The smallest absolute Gasteiger partial charge is 0.336 e. The van der Waals surface area contributed by atoms with Crippen molar-refractivity contribution in [3.8, 4) is 11.5 Å². The highest BCUT2D eigenvalue weighted by molar-refractivity contribution is 7.92. The van der Waals surface area contributed by atoms with Gasteiger partial charge < -0.3 is 25.0 Å². The number of aliphatic hydroxyl groups excluding tert-OH is 1. The number of ether oxygens (including phenoxy) is 2. The summed E-state index contributed by atoms with van der Waals surface area (Å²) in [5.41, 5.74) is 2.23. The quantitative estimate of drug-likeness (QED) is 0.241. The monoisotopic (exact) mass is 514 g/mol. The van der Waals surface area contributed by atoms with Gasteiger partial charge in [0.25, 0.3) is 0 Å². The van der Waals surface area contributed by atoms with Crippen LogP contribution in [0.5, 0.6) is 11.5 Å². The molecule has 36 heavy (non-hydrogen) atoms. The molecule has 0 aliphatic rings. The van der Waals surface area contributed by atoms with Crippen LogP contribution >= 0.6 is 0 Å². The van der Waals surface area contributed by atoms with Gasteiger partial charge in [-0.2, -0.15) is 0 Å². The zero-order valence-corrected chi connectivity index (χ0v) is 20.7. The van der Waals surface area contributed by atoms with E-state index in [-0.39, 0.29) is 18.8 Å². The molecule has 0 aromatic heterocycles. The van der Waals surface area contributed by atoms with Crippen LogP contribution in [0.15, 0.2) is 72.8 Å². The number of para-hydroxylation sites is 2. The number of nitrogens with one attached hydrogen (secondary N) is 2. The molecular weight excluding hydrogens is 484 g/mol. The topological polar surface area (TPSA) is 134 Å². The molecule has 0 unspecified atom stereocenters. The molecule has 0 saturated carbocycles. The minimum absolute atomic E-state index is 0.00645. The van der Waals surface area contributed by atoms with Gasteiger partial charge in [-0.15, -0.1) is 0 Å². The first kappa shape index (κ1) is 27.0. The fourth-order valence-corrected chi connectivity index (χ4v) is 3.96. The summed E-state index contributed by atoms with van der Waals surface area (Å²) in [7, 11) is -3.44. The molecule has 1 atom stereocenters. The molecule has 0 saturated heterocycles. The Bertz CT molecular complexity index is 1250. The molecule has 3 aromatic carbocycles. The lowest BCUT2D eigenvalue weighted by Gasteiger charge is -2.16. The largest absolute Gasteiger partial charge is 0.489 e. The summed E-state index contributed by atoms with van der Waals surface area (Å²) in [5.74, 6) is 0.00310. The van der Waals surface area contributed by atoms with Crippen LogP contribution in [-0.4, -0.2) is 56.7 Å². The lowest BCUT2D eigenvalue weighted by molar-refractivity contribution is 0.0694. The van der Waals surface area contributed by atoms with Gasteiger partial charge in [0.05, 0.1) is 17.5 Å². The number of sulfonamides is 1. The summed E-state index contributed by atoms with van der Waals surface area (Å²) in [6.07, 6.45) is 1.02. The SMILES string of the molecule is CS(=O)(=O)Nc1ccccc1OC[C@@H](O)CNCCc1ccc(OCc2ccccc2C(=O)O)cc1. The van der Waals surface area contributed by atoms with Crippen molar-refractivity contribution in [1.29, 1.82) is 0 Å². The summed E-state index contributed by atoms with van der Waals surface area (Å²) in [6.45, 7) is 1.12. The van der Waals surface area contributed by atoms with Gasteiger partial charge in [-0.05, 0) is 48.9 Å². The summed E-state index contributed by atoms with van der Waals surface area (Å²) in [4.78, 5) is 11.3. The average molecular weight is 515 g/mol. The maximum absolute atomic E-state index is 11.5. The molecule has 0 amide bonds. The predicted octanol–water partition coefficient (Wildman–Crippen LogP) is 2.91. The number of aliphatic hydroxyl groups is 1. The zero-order valence-electron chi connectivity index (χ0n) is 19.9. The van der Waals surface area contributed by atoms with Crippen molar-refractivity contribution in [2.75, 3.05) is 30.7 Å². The number of benzene rings is 3. The van der Waals surface area contributed by atoms with E-state index in [0.717, 1.165) is 18.2 Å². The summed E-state index contributed by atoms with van der Waals surface area (Å²) >= 11 is 0. The number of carbonyl (C=O) groups is 1. The molecule has 0 aliphatic heterocycles. The van der Waals surface area contributed by atoms with Crippen LogP contribution in [0.25, 0.3) is 0 Å². The van der Waals surface area contributed by atoms with E-state index >= 15 is 0 Å². The van der Waals surface area contributed by atoms with E-state index in [9.17, 15) is 23.4 Å². The Morgan fingerprint density at radius 3 is 2.39 bits per heavy atom. The lowest BCUT2D eigenvalue weighted by atomic mass is 10.1. The molecule has 9 nitrogen and oxygen atoms in total. The molecule has 0 spiro atoms. The van der Waals surface area contributed by atoms with E-state index in [2.05, 4.69) is 10.0 Å². The molecule has 0 heterocycles. The summed E-state index contributed by atoms with van der Waals surface area (Å²) in [5, 5.41) is 22.6. The van der Waals surface area contributed by atoms with Gasteiger partial charge >= 0.3 is 5.97 Å². The highest BCUT2D eigenvalue weighted by Gasteiger charge is 2.11. The molecule has 0 fully saturated rings. The van der Waals surface area contributed by atoms with E-state index in [4.69, 9.17) is 9.47 Å². The third-order valence-corrected chi connectivity index (χ3v) is 5.74. The highest BCUT2D eigenvalue weighted by Crippen LogP contribution is 2.24. The number of carboxylic acid groups (broad SMARTS) is 1. The second-order valence-corrected chi connectivity index (χ2v) is 9.93. The van der Waals surface area contributed by atoms with Crippen LogP contribution < -0.4 is 19.5 Å². The van der Waals surface area contributed by atoms with Crippen molar-refractivity contribution < 1.29 is 32.9 Å². The van der Waals surface area contributed by atoms with E-state index in [1.54, 1.807) is 48.5 Å². The van der Waals surface area contributed by atoms with Crippen molar-refractivity contribution in [2.24, 2.45) is 0 Å². The van der Waals surface area contributed by atoms with Crippen molar-refractivity contribution in [3.63, 3.8) is 0 Å². The van der Waals surface area contributed by atoms with Crippen LogP contribution in [-0.2, 0) is 23.1 Å². The van der Waals surface area contributed by atoms with E-state index in [0.29, 0.717) is 35.8 Å². The maximum Gasteiger partial charge on any atom is 0.336 e. The Balaban J connectivity index is 1.38. The van der Waals surface area contributed by atoms with Crippen molar-refractivity contribution >= 4 is 21.7 Å². The molecule has 4 N–H and O–H groups in total. The molecule has 192 valence electrons. The van der Waals surface area contributed by atoms with Gasteiger partial charge in [0.15, 0.2) is 0 Å². The zero-order chi connectivity index (χ0) is 26.0. The van der Waals surface area contributed by atoms with Crippen LogP contribution in [0.2, 0.25) is 0 Å². The first-order valence-electron chi connectivity index (χ1n) is 11.3. The number of anilines is 1. The summed E-state index contributed by atoms with van der Waals surface area (Å²) < 4.78 is 36.7. The number of rotatable bonds is 14.